The Morgan fingerprint density at radius 1 is 1.00 bits per heavy atom. The fourth-order valence-electron chi connectivity index (χ4n) is 2.66. The lowest BCUT2D eigenvalue weighted by Gasteiger charge is -2.10. The van der Waals surface area contributed by atoms with E-state index in [1.807, 2.05) is 0 Å². The smallest absolute Gasteiger partial charge is 0.343 e. The van der Waals surface area contributed by atoms with Crippen molar-refractivity contribution in [1.82, 2.24) is 10.1 Å². The molecular formula is C23H20ClN3O6S. The highest BCUT2D eigenvalue weighted by molar-refractivity contribution is 7.89. The molecule has 0 aliphatic carbocycles. The van der Waals surface area contributed by atoms with Crippen LogP contribution in [0.4, 0.5) is 0 Å². The first-order chi connectivity index (χ1) is 16.3. The third-order valence-electron chi connectivity index (χ3n) is 4.35. The van der Waals surface area contributed by atoms with Gasteiger partial charge in [-0.15, -0.1) is 0 Å². The number of hydrazone groups is 1. The zero-order valence-electron chi connectivity index (χ0n) is 17.9. The number of rotatable bonds is 9. The van der Waals surface area contributed by atoms with Crippen molar-refractivity contribution in [1.29, 1.82) is 0 Å². The summed E-state index contributed by atoms with van der Waals surface area (Å²) >= 11 is 5.82. The van der Waals surface area contributed by atoms with Gasteiger partial charge in [-0.2, -0.15) is 5.10 Å². The Morgan fingerprint density at radius 2 is 1.71 bits per heavy atom. The van der Waals surface area contributed by atoms with Crippen molar-refractivity contribution in [2.45, 2.75) is 4.90 Å². The number of carbonyl (C=O) groups is 2. The first kappa shape index (κ1) is 24.9. The maximum atomic E-state index is 12.3. The van der Waals surface area contributed by atoms with E-state index < -0.39 is 28.4 Å². The average Bonchev–Trinajstić information content (AvgIpc) is 2.84. The Morgan fingerprint density at radius 3 is 2.38 bits per heavy atom. The van der Waals surface area contributed by atoms with Crippen LogP contribution in [-0.4, -0.2) is 40.2 Å². The number of benzene rings is 3. The van der Waals surface area contributed by atoms with Crippen molar-refractivity contribution in [3.05, 3.63) is 88.9 Å². The maximum absolute atomic E-state index is 12.3. The minimum absolute atomic E-state index is 0.0512. The molecule has 34 heavy (non-hydrogen) atoms. The SMILES string of the molecule is COc1cc(C=NNC(=O)CNS(=O)(=O)c2ccccc2)ccc1OC(=O)c1ccc(Cl)cc1. The highest BCUT2D eigenvalue weighted by Gasteiger charge is 2.15. The second-order valence-corrected chi connectivity index (χ2v) is 8.94. The molecule has 3 rings (SSSR count). The van der Waals surface area contributed by atoms with Gasteiger partial charge in [0.15, 0.2) is 11.5 Å². The maximum Gasteiger partial charge on any atom is 0.343 e. The summed E-state index contributed by atoms with van der Waals surface area (Å²) in [5, 5.41) is 4.30. The number of ether oxygens (including phenoxy) is 2. The van der Waals surface area contributed by atoms with Gasteiger partial charge >= 0.3 is 5.97 Å². The number of sulfonamides is 1. The Balaban J connectivity index is 1.57. The van der Waals surface area contributed by atoms with Crippen LogP contribution in [0.1, 0.15) is 15.9 Å². The number of amides is 1. The molecular weight excluding hydrogens is 482 g/mol. The average molecular weight is 502 g/mol. The molecule has 0 aromatic heterocycles. The topological polar surface area (TPSA) is 123 Å². The van der Waals surface area contributed by atoms with Crippen molar-refractivity contribution in [2.24, 2.45) is 5.10 Å². The van der Waals surface area contributed by atoms with Crippen LogP contribution in [0.2, 0.25) is 5.02 Å². The molecule has 0 bridgehead atoms. The molecule has 0 aliphatic rings. The number of esters is 1. The lowest BCUT2D eigenvalue weighted by molar-refractivity contribution is -0.119. The Labute approximate surface area is 201 Å². The van der Waals surface area contributed by atoms with Crippen LogP contribution in [-0.2, 0) is 14.8 Å². The Bertz CT molecular complexity index is 1300. The molecule has 2 N–H and O–H groups in total. The number of halogens is 1. The van der Waals surface area contributed by atoms with E-state index in [2.05, 4.69) is 15.2 Å². The standard InChI is InChI=1S/C23H20ClN3O6S/c1-32-21-13-16(7-12-20(21)33-23(29)17-8-10-18(24)11-9-17)14-25-27-22(28)15-26-34(30,31)19-5-3-2-4-6-19/h2-14,26H,15H2,1H3,(H,27,28). The van der Waals surface area contributed by atoms with Crippen LogP contribution in [0.5, 0.6) is 11.5 Å². The normalized spacial score (nSPS) is 11.2. The fourth-order valence-corrected chi connectivity index (χ4v) is 3.78. The molecule has 3 aromatic carbocycles. The molecule has 0 saturated carbocycles. The summed E-state index contributed by atoms with van der Waals surface area (Å²) in [6, 6.07) is 18.6. The van der Waals surface area contributed by atoms with Crippen LogP contribution >= 0.6 is 11.6 Å². The number of hydrogen-bond acceptors (Lipinski definition) is 7. The van der Waals surface area contributed by atoms with E-state index in [9.17, 15) is 18.0 Å². The minimum atomic E-state index is -3.81. The van der Waals surface area contributed by atoms with E-state index in [-0.39, 0.29) is 16.4 Å². The minimum Gasteiger partial charge on any atom is -0.493 e. The molecule has 0 saturated heterocycles. The molecule has 9 nitrogen and oxygen atoms in total. The van der Waals surface area contributed by atoms with Crippen molar-refractivity contribution in [3.8, 4) is 11.5 Å². The summed E-state index contributed by atoms with van der Waals surface area (Å²) in [5.74, 6) is -0.773. The summed E-state index contributed by atoms with van der Waals surface area (Å²) in [4.78, 5) is 24.3. The summed E-state index contributed by atoms with van der Waals surface area (Å²) < 4.78 is 37.1. The molecule has 0 heterocycles. The van der Waals surface area contributed by atoms with E-state index in [1.54, 1.807) is 54.6 Å². The second-order valence-electron chi connectivity index (χ2n) is 6.74. The van der Waals surface area contributed by atoms with Crippen molar-refractivity contribution in [2.75, 3.05) is 13.7 Å². The van der Waals surface area contributed by atoms with E-state index in [4.69, 9.17) is 21.1 Å². The first-order valence-corrected chi connectivity index (χ1v) is 11.7. The second kappa shape index (κ2) is 11.4. The van der Waals surface area contributed by atoms with Crippen LogP contribution in [0.25, 0.3) is 0 Å². The van der Waals surface area contributed by atoms with Crippen molar-refractivity contribution >= 4 is 39.7 Å². The number of carbonyl (C=O) groups excluding carboxylic acids is 2. The molecule has 176 valence electrons. The molecule has 0 spiro atoms. The van der Waals surface area contributed by atoms with E-state index in [0.29, 0.717) is 16.1 Å². The molecule has 0 radical (unpaired) electrons. The zero-order chi connectivity index (χ0) is 24.6. The predicted octanol–water partition coefficient (Wildman–Crippen LogP) is 3.00. The summed E-state index contributed by atoms with van der Waals surface area (Å²) in [7, 11) is -2.39. The predicted molar refractivity (Wildman–Crippen MR) is 127 cm³/mol. The van der Waals surface area contributed by atoms with E-state index in [1.165, 1.54) is 31.5 Å². The van der Waals surface area contributed by atoms with Gasteiger partial charge in [-0.05, 0) is 60.2 Å². The number of methoxy groups -OCH3 is 1. The fraction of sp³-hybridized carbons (Fsp3) is 0.0870. The number of nitrogens with one attached hydrogen (secondary N) is 2. The molecule has 0 atom stereocenters. The monoisotopic (exact) mass is 501 g/mol. The van der Waals surface area contributed by atoms with E-state index in [0.717, 1.165) is 0 Å². The van der Waals surface area contributed by atoms with Gasteiger partial charge in [0.1, 0.15) is 0 Å². The number of nitrogens with zero attached hydrogens (tertiary/aromatic N) is 1. The first-order valence-electron chi connectivity index (χ1n) is 9.81. The van der Waals surface area contributed by atoms with Gasteiger partial charge in [0.2, 0.25) is 10.0 Å². The van der Waals surface area contributed by atoms with E-state index >= 15 is 0 Å². The molecule has 1 amide bonds. The van der Waals surface area contributed by atoms with Crippen LogP contribution in [0, 0.1) is 0 Å². The Kier molecular flexibility index (Phi) is 8.36. The van der Waals surface area contributed by atoms with Crippen molar-refractivity contribution in [3.63, 3.8) is 0 Å². The summed E-state index contributed by atoms with van der Waals surface area (Å²) in [6.45, 7) is -0.489. The molecule has 0 fully saturated rings. The lowest BCUT2D eigenvalue weighted by atomic mass is 10.2. The van der Waals surface area contributed by atoms with Gasteiger partial charge in [-0.1, -0.05) is 29.8 Å². The largest absolute Gasteiger partial charge is 0.493 e. The summed E-state index contributed by atoms with van der Waals surface area (Å²) in [6.07, 6.45) is 1.33. The van der Waals surface area contributed by atoms with Gasteiger partial charge in [0.25, 0.3) is 5.91 Å². The van der Waals surface area contributed by atoms with Crippen LogP contribution in [0.3, 0.4) is 0 Å². The highest BCUT2D eigenvalue weighted by Crippen LogP contribution is 2.28. The molecule has 0 aliphatic heterocycles. The van der Waals surface area contributed by atoms with Gasteiger partial charge in [0.05, 0.1) is 30.3 Å². The third-order valence-corrected chi connectivity index (χ3v) is 6.02. The zero-order valence-corrected chi connectivity index (χ0v) is 19.5. The van der Waals surface area contributed by atoms with Gasteiger partial charge in [0, 0.05) is 5.02 Å². The summed E-state index contributed by atoms with van der Waals surface area (Å²) in [5.41, 5.74) is 3.09. The Hall–Kier alpha value is -3.73. The highest BCUT2D eigenvalue weighted by atomic mass is 35.5. The molecule has 0 unspecified atom stereocenters. The number of hydrogen-bond donors (Lipinski definition) is 2. The van der Waals surface area contributed by atoms with Crippen LogP contribution < -0.4 is 19.6 Å². The third kappa shape index (κ3) is 6.88. The quantitative estimate of drug-likeness (QED) is 0.201. The van der Waals surface area contributed by atoms with Gasteiger partial charge in [-0.25, -0.2) is 23.4 Å². The van der Waals surface area contributed by atoms with Crippen molar-refractivity contribution < 1.29 is 27.5 Å². The van der Waals surface area contributed by atoms with Gasteiger partial charge in [-0.3, -0.25) is 4.79 Å². The molecule has 11 heteroatoms. The van der Waals surface area contributed by atoms with Gasteiger partial charge < -0.3 is 9.47 Å². The lowest BCUT2D eigenvalue weighted by Crippen LogP contribution is -2.34. The molecule has 3 aromatic rings. The van der Waals surface area contributed by atoms with Crippen LogP contribution in [0.15, 0.2) is 82.8 Å².